The third kappa shape index (κ3) is 13.9. The van der Waals surface area contributed by atoms with Gasteiger partial charge in [0.15, 0.2) is 0 Å². The van der Waals surface area contributed by atoms with Crippen LogP contribution in [0.4, 0.5) is 0 Å². The first kappa shape index (κ1) is 50.2. The van der Waals surface area contributed by atoms with E-state index < -0.39 is 11.9 Å². The number of halogens is 2. The Morgan fingerprint density at radius 3 is 1.30 bits per heavy atom. The Kier molecular flexibility index (Phi) is 20.0. The van der Waals surface area contributed by atoms with Gasteiger partial charge in [-0.05, 0) is 144 Å². The van der Waals surface area contributed by atoms with Gasteiger partial charge in [-0.1, -0.05) is 97.9 Å². The molecule has 0 amide bonds. The highest BCUT2D eigenvalue weighted by Crippen LogP contribution is 2.37. The van der Waals surface area contributed by atoms with Crippen molar-refractivity contribution in [1.82, 2.24) is 0 Å². The molecule has 1 aliphatic heterocycles. The SMILES string of the molecule is CC1(C)OB(c2ccccc2)OC1(C)C.CCOC(=O)c1cc(-c2ccccc2)c(CC)cc1-c1ccccc1.CCOC(=O)c1cc(Br)c(C(=O)OCC)cc1Br.O=C=O. The predicted octanol–water partition coefficient (Wildman–Crippen LogP) is 10.7. The number of esters is 3. The third-order valence-corrected chi connectivity index (χ3v) is 11.0. The van der Waals surface area contributed by atoms with Gasteiger partial charge in [-0.2, -0.15) is 9.59 Å². The second-order valence-electron chi connectivity index (χ2n) is 14.2. The fourth-order valence-electron chi connectivity index (χ4n) is 5.92. The third-order valence-electron chi connectivity index (χ3n) is 9.66. The number of hydrogen-bond donors (Lipinski definition) is 0. The average molecular weight is 959 g/mol. The van der Waals surface area contributed by atoms with Crippen LogP contribution in [0.5, 0.6) is 0 Å². The minimum absolute atomic E-state index is 0.240. The lowest BCUT2D eigenvalue weighted by molar-refractivity contribution is -0.191. The molecule has 1 fully saturated rings. The lowest BCUT2D eigenvalue weighted by Crippen LogP contribution is -2.41. The van der Waals surface area contributed by atoms with Crippen molar-refractivity contribution in [2.45, 2.75) is 73.0 Å². The first-order valence-electron chi connectivity index (χ1n) is 19.8. The monoisotopic (exact) mass is 956 g/mol. The van der Waals surface area contributed by atoms with Crippen LogP contribution in [0, 0.1) is 0 Å². The summed E-state index contributed by atoms with van der Waals surface area (Å²) in [5, 5.41) is 0. The molecule has 0 aromatic heterocycles. The highest BCUT2D eigenvalue weighted by molar-refractivity contribution is 9.11. The van der Waals surface area contributed by atoms with Crippen LogP contribution in [0.15, 0.2) is 124 Å². The number of ether oxygens (including phenoxy) is 3. The van der Waals surface area contributed by atoms with Gasteiger partial charge in [0.05, 0.1) is 47.7 Å². The molecule has 13 heteroatoms. The Morgan fingerprint density at radius 2 is 0.918 bits per heavy atom. The van der Waals surface area contributed by atoms with E-state index in [2.05, 4.69) is 84.7 Å². The molecule has 61 heavy (non-hydrogen) atoms. The van der Waals surface area contributed by atoms with E-state index in [9.17, 15) is 14.4 Å². The van der Waals surface area contributed by atoms with Crippen LogP contribution in [-0.2, 0) is 39.5 Å². The first-order chi connectivity index (χ1) is 29.1. The zero-order chi connectivity index (χ0) is 45.2. The Labute approximate surface area is 375 Å². The first-order valence-corrected chi connectivity index (χ1v) is 21.4. The standard InChI is InChI=1S/C23H22O2.C12H17BO2.C12H12Br2O4.CO2/c1-3-17-15-21(19-13-9-6-10-14-19)22(23(24)25-4-2)16-20(17)18-11-7-5-8-12-18;1-11(2)12(3,4)15-13(14-11)10-8-6-5-7-9-10;1-3-17-11(15)7-5-10(14)8(6-9(7)13)12(16)18-4-2;2-1-3/h5-16H,3-4H2,1-2H3;5-9H,1-4H3;5-6H,3-4H2,1-2H3;. The van der Waals surface area contributed by atoms with Crippen molar-refractivity contribution in [3.05, 3.63) is 146 Å². The molecular weight excluding hydrogens is 907 g/mol. The summed E-state index contributed by atoms with van der Waals surface area (Å²) in [5.74, 6) is -1.16. The van der Waals surface area contributed by atoms with E-state index in [-0.39, 0.29) is 30.4 Å². The smallest absolute Gasteiger partial charge is 0.462 e. The van der Waals surface area contributed by atoms with Crippen LogP contribution in [0.3, 0.4) is 0 Å². The summed E-state index contributed by atoms with van der Waals surface area (Å²) < 4.78 is 28.0. The molecule has 320 valence electrons. The van der Waals surface area contributed by atoms with Crippen molar-refractivity contribution in [3.63, 3.8) is 0 Å². The van der Waals surface area contributed by atoms with Crippen LogP contribution in [0.25, 0.3) is 22.3 Å². The second kappa shape index (κ2) is 24.3. The van der Waals surface area contributed by atoms with E-state index in [0.717, 1.165) is 34.1 Å². The minimum Gasteiger partial charge on any atom is -0.462 e. The summed E-state index contributed by atoms with van der Waals surface area (Å²) in [7, 11) is -0.240. The normalized spacial score (nSPS) is 13.0. The van der Waals surface area contributed by atoms with Gasteiger partial charge in [-0.3, -0.25) is 0 Å². The zero-order valence-corrected chi connectivity index (χ0v) is 38.9. The molecule has 1 heterocycles. The summed E-state index contributed by atoms with van der Waals surface area (Å²) >= 11 is 6.48. The molecular formula is C48H51BBr2O10. The molecule has 1 aliphatic rings. The van der Waals surface area contributed by atoms with Gasteiger partial charge in [0, 0.05) is 8.95 Å². The highest BCUT2D eigenvalue weighted by atomic mass is 79.9. The van der Waals surface area contributed by atoms with Crippen molar-refractivity contribution in [2.24, 2.45) is 0 Å². The molecule has 0 aliphatic carbocycles. The molecule has 5 aromatic carbocycles. The van der Waals surface area contributed by atoms with Crippen LogP contribution in [-0.4, -0.2) is 62.2 Å². The number of hydrogen-bond acceptors (Lipinski definition) is 10. The van der Waals surface area contributed by atoms with E-state index in [4.69, 9.17) is 33.1 Å². The van der Waals surface area contributed by atoms with Gasteiger partial charge in [0.2, 0.25) is 0 Å². The minimum atomic E-state index is -0.444. The topological polar surface area (TPSA) is 132 Å². The Balaban J connectivity index is 0.000000244. The van der Waals surface area contributed by atoms with Crippen LogP contribution in [0.2, 0.25) is 0 Å². The summed E-state index contributed by atoms with van der Waals surface area (Å²) in [6.07, 6.45) is 1.15. The predicted molar refractivity (Wildman–Crippen MR) is 244 cm³/mol. The molecule has 5 aromatic rings. The van der Waals surface area contributed by atoms with Gasteiger partial charge in [-0.15, -0.1) is 0 Å². The summed E-state index contributed by atoms with van der Waals surface area (Å²) in [4.78, 5) is 52.1. The van der Waals surface area contributed by atoms with Crippen LogP contribution >= 0.6 is 31.9 Å². The summed E-state index contributed by atoms with van der Waals surface area (Å²) in [5.41, 5.74) is 7.28. The Hall–Kier alpha value is -5.17. The molecule has 0 saturated carbocycles. The van der Waals surface area contributed by atoms with Crippen molar-refractivity contribution < 1.29 is 47.5 Å². The van der Waals surface area contributed by atoms with Gasteiger partial charge < -0.3 is 23.5 Å². The lowest BCUT2D eigenvalue weighted by Gasteiger charge is -2.32. The molecule has 0 N–H and O–H groups in total. The number of carbonyl (C=O) groups excluding carboxylic acids is 5. The quantitative estimate of drug-likeness (QED) is 0.0757. The average Bonchev–Trinajstić information content (AvgIpc) is 3.48. The van der Waals surface area contributed by atoms with Crippen molar-refractivity contribution in [3.8, 4) is 22.3 Å². The lowest BCUT2D eigenvalue weighted by atomic mass is 9.79. The van der Waals surface area contributed by atoms with E-state index in [1.807, 2.05) is 91.9 Å². The molecule has 10 nitrogen and oxygen atoms in total. The van der Waals surface area contributed by atoms with Gasteiger partial charge in [-0.25, -0.2) is 14.4 Å². The van der Waals surface area contributed by atoms with E-state index in [1.165, 1.54) is 17.7 Å². The second-order valence-corrected chi connectivity index (χ2v) is 15.9. The molecule has 0 unspecified atom stereocenters. The molecule has 0 radical (unpaired) electrons. The zero-order valence-electron chi connectivity index (χ0n) is 35.7. The van der Waals surface area contributed by atoms with E-state index in [1.54, 1.807) is 13.8 Å². The number of benzene rings is 5. The number of carbonyl (C=O) groups is 3. The summed E-state index contributed by atoms with van der Waals surface area (Å²) in [6.45, 7) is 16.6. The number of aryl methyl sites for hydroxylation is 1. The maximum atomic E-state index is 12.6. The van der Waals surface area contributed by atoms with Gasteiger partial charge >= 0.3 is 31.2 Å². The molecule has 0 atom stereocenters. The van der Waals surface area contributed by atoms with Gasteiger partial charge in [0.25, 0.3) is 0 Å². The maximum absolute atomic E-state index is 12.6. The molecule has 0 spiro atoms. The van der Waals surface area contributed by atoms with Crippen LogP contribution < -0.4 is 5.46 Å². The van der Waals surface area contributed by atoms with Crippen molar-refractivity contribution >= 4 is 68.5 Å². The Bertz CT molecular complexity index is 2180. The number of rotatable bonds is 10. The summed E-state index contributed by atoms with van der Waals surface area (Å²) in [6, 6.07) is 37.4. The molecule has 6 rings (SSSR count). The van der Waals surface area contributed by atoms with E-state index >= 15 is 0 Å². The fraction of sp³-hybridized carbons (Fsp3) is 0.292. The fourth-order valence-corrected chi connectivity index (χ4v) is 6.93. The van der Waals surface area contributed by atoms with E-state index in [0.29, 0.717) is 45.5 Å². The van der Waals surface area contributed by atoms with Crippen molar-refractivity contribution in [2.75, 3.05) is 19.8 Å². The highest BCUT2D eigenvalue weighted by Gasteiger charge is 2.51. The molecule has 1 saturated heterocycles. The largest absolute Gasteiger partial charge is 0.494 e. The Morgan fingerprint density at radius 1 is 0.557 bits per heavy atom. The van der Waals surface area contributed by atoms with Gasteiger partial charge in [0.1, 0.15) is 0 Å². The van der Waals surface area contributed by atoms with Crippen molar-refractivity contribution in [1.29, 1.82) is 0 Å². The maximum Gasteiger partial charge on any atom is 0.494 e. The molecule has 0 bridgehead atoms. The van der Waals surface area contributed by atoms with Crippen LogP contribution in [0.1, 0.15) is 92.0 Å².